The van der Waals surface area contributed by atoms with Crippen LogP contribution in [0.1, 0.15) is 98.6 Å². The van der Waals surface area contributed by atoms with Gasteiger partial charge in [0.25, 0.3) is 5.91 Å². The summed E-state index contributed by atoms with van der Waals surface area (Å²) < 4.78 is 5.49. The maximum atomic E-state index is 14.8. The molecule has 6 amide bonds. The third-order valence-corrected chi connectivity index (χ3v) is 10.2. The molecule has 1 aliphatic heterocycles. The van der Waals surface area contributed by atoms with Crippen LogP contribution < -0.4 is 27.0 Å². The molecule has 2 fully saturated rings. The number of benzene rings is 1. The second-order valence-corrected chi connectivity index (χ2v) is 17.6. The molecule has 13 heteroatoms. The zero-order valence-corrected chi connectivity index (χ0v) is 32.2. The maximum absolute atomic E-state index is 14.8. The van der Waals surface area contributed by atoms with Crippen LogP contribution in [0.5, 0.6) is 0 Å². The van der Waals surface area contributed by atoms with Gasteiger partial charge in [-0.25, -0.2) is 9.59 Å². The number of rotatable bonds is 14. The number of likely N-dealkylation sites (tertiary alicyclic amines) is 1. The van der Waals surface area contributed by atoms with Crippen LogP contribution in [0.4, 0.5) is 9.59 Å². The number of ketones is 1. The van der Waals surface area contributed by atoms with Gasteiger partial charge in [0, 0.05) is 12.1 Å². The molecule has 1 heterocycles. The van der Waals surface area contributed by atoms with E-state index in [-0.39, 0.29) is 30.3 Å². The number of fused-ring (bicyclic) bond motifs is 1. The Labute approximate surface area is 308 Å². The van der Waals surface area contributed by atoms with Crippen LogP contribution in [0.25, 0.3) is 0 Å². The van der Waals surface area contributed by atoms with E-state index in [1.165, 1.54) is 0 Å². The number of nitrogens with one attached hydrogen (secondary N) is 4. The van der Waals surface area contributed by atoms with E-state index in [1.54, 1.807) is 4.90 Å². The van der Waals surface area contributed by atoms with Crippen LogP contribution in [-0.4, -0.2) is 83.4 Å². The van der Waals surface area contributed by atoms with Gasteiger partial charge in [0.2, 0.25) is 17.6 Å². The number of hydrogen-bond acceptors (Lipinski definition) is 7. The van der Waals surface area contributed by atoms with Crippen molar-refractivity contribution < 1.29 is 33.5 Å². The fourth-order valence-electron chi connectivity index (χ4n) is 7.35. The smallest absolute Gasteiger partial charge is 0.407 e. The van der Waals surface area contributed by atoms with E-state index in [0.717, 1.165) is 30.4 Å². The number of alkyl carbamates (subject to hydrolysis) is 1. The van der Waals surface area contributed by atoms with Crippen molar-refractivity contribution in [2.24, 2.45) is 34.8 Å². The molecule has 0 radical (unpaired) electrons. The standard InChI is InChI=1S/C39H60N6O7/c1-22(2)15-24-17-29(34(48)41-28(16-23-13-14-23)32(46)33(40)47)45(20-24)35(49)31(27-18-25-11-9-10-12-26(25)19-27)43-36(50)42-30(38(3,4)5)21-52-37(51)44-39(6,7)8/h9-12,22-24,27-31H,13-21H2,1-8H3,(H2,40,47)(H,41,48)(H,44,51)(H2,42,43,50)/t24-,28?,29?,30-,31+/m1/s1. The lowest BCUT2D eigenvalue weighted by molar-refractivity contribution is -0.142. The molecule has 52 heavy (non-hydrogen) atoms. The van der Waals surface area contributed by atoms with Crippen LogP contribution >= 0.6 is 0 Å². The monoisotopic (exact) mass is 724 g/mol. The van der Waals surface area contributed by atoms with Crippen molar-refractivity contribution in [3.05, 3.63) is 35.4 Å². The summed E-state index contributed by atoms with van der Waals surface area (Å²) in [4.78, 5) is 81.3. The predicted octanol–water partition coefficient (Wildman–Crippen LogP) is 3.61. The SMILES string of the molecule is CC(C)C[C@@H]1CC(C(=O)NC(CC2CC2)C(=O)C(N)=O)N(C(=O)[C@@H](NC(=O)N[C@H](COC(=O)NC(C)(C)C)C(C)(C)C)C2Cc3ccccc3C2)C1. The van der Waals surface area contributed by atoms with Gasteiger partial charge < -0.3 is 36.6 Å². The molecule has 3 aliphatic rings. The molecule has 1 aromatic carbocycles. The molecule has 5 atom stereocenters. The molecule has 1 aromatic rings. The third kappa shape index (κ3) is 11.4. The van der Waals surface area contributed by atoms with Crippen molar-refractivity contribution in [1.82, 2.24) is 26.2 Å². The number of Topliss-reactive ketones (excluding diaryl/α,β-unsaturated/α-hetero) is 1. The lowest BCUT2D eigenvalue weighted by Crippen LogP contribution is -2.60. The van der Waals surface area contributed by atoms with Crippen LogP contribution in [0.15, 0.2) is 24.3 Å². The number of carbonyl (C=O) groups excluding carboxylic acids is 6. The summed E-state index contributed by atoms with van der Waals surface area (Å²) in [5.41, 5.74) is 6.53. The Balaban J connectivity index is 1.58. The van der Waals surface area contributed by atoms with Crippen LogP contribution in [0.2, 0.25) is 0 Å². The molecule has 2 unspecified atom stereocenters. The van der Waals surface area contributed by atoms with Crippen LogP contribution in [-0.2, 0) is 36.8 Å². The fourth-order valence-corrected chi connectivity index (χ4v) is 7.35. The first kappa shape index (κ1) is 40.6. The topological polar surface area (TPSA) is 189 Å². The van der Waals surface area contributed by atoms with E-state index in [0.29, 0.717) is 38.1 Å². The first-order chi connectivity index (χ1) is 24.2. The van der Waals surface area contributed by atoms with Gasteiger partial charge in [0.05, 0.1) is 12.1 Å². The highest BCUT2D eigenvalue weighted by molar-refractivity contribution is 6.37. The lowest BCUT2D eigenvalue weighted by atomic mass is 9.87. The molecule has 2 aliphatic carbocycles. The normalized spacial score (nSPS) is 20.8. The van der Waals surface area contributed by atoms with Gasteiger partial charge in [-0.2, -0.15) is 0 Å². The summed E-state index contributed by atoms with van der Waals surface area (Å²) in [5.74, 6) is -2.56. The van der Waals surface area contributed by atoms with Crippen molar-refractivity contribution in [3.63, 3.8) is 0 Å². The van der Waals surface area contributed by atoms with Crippen LogP contribution in [0.3, 0.4) is 0 Å². The Morgan fingerprint density at radius 2 is 1.50 bits per heavy atom. The average molecular weight is 725 g/mol. The van der Waals surface area contributed by atoms with Gasteiger partial charge in [-0.1, -0.05) is 71.7 Å². The third-order valence-electron chi connectivity index (χ3n) is 10.2. The predicted molar refractivity (Wildman–Crippen MR) is 197 cm³/mol. The quantitative estimate of drug-likeness (QED) is 0.181. The number of amides is 6. The Hall–Kier alpha value is -4.16. The number of nitrogens with zero attached hydrogens (tertiary/aromatic N) is 1. The highest BCUT2D eigenvalue weighted by Gasteiger charge is 2.46. The molecule has 0 aromatic heterocycles. The van der Waals surface area contributed by atoms with E-state index < -0.39 is 64.8 Å². The molecule has 4 rings (SSSR count). The van der Waals surface area contributed by atoms with Crippen molar-refractivity contribution in [2.75, 3.05) is 13.2 Å². The van der Waals surface area contributed by atoms with E-state index >= 15 is 0 Å². The minimum atomic E-state index is -1.10. The molecule has 1 saturated heterocycles. The summed E-state index contributed by atoms with van der Waals surface area (Å²) in [6, 6.07) is 3.82. The Bertz CT molecular complexity index is 1470. The number of primary amides is 1. The summed E-state index contributed by atoms with van der Waals surface area (Å²) in [7, 11) is 0. The number of ether oxygens (including phenoxy) is 1. The first-order valence-electron chi connectivity index (χ1n) is 18.7. The molecular weight excluding hydrogens is 664 g/mol. The van der Waals surface area contributed by atoms with E-state index in [2.05, 4.69) is 35.1 Å². The van der Waals surface area contributed by atoms with E-state index in [1.807, 2.05) is 65.8 Å². The average Bonchev–Trinajstić information content (AvgIpc) is 3.58. The van der Waals surface area contributed by atoms with Crippen molar-refractivity contribution in [2.45, 2.75) is 130 Å². The first-order valence-corrected chi connectivity index (χ1v) is 18.7. The molecule has 6 N–H and O–H groups in total. The minimum Gasteiger partial charge on any atom is -0.447 e. The maximum Gasteiger partial charge on any atom is 0.407 e. The Morgan fingerprint density at radius 1 is 0.885 bits per heavy atom. The number of nitrogens with two attached hydrogens (primary N) is 1. The van der Waals surface area contributed by atoms with Crippen LogP contribution in [0, 0.1) is 29.1 Å². The van der Waals surface area contributed by atoms with Crippen molar-refractivity contribution in [3.8, 4) is 0 Å². The molecular formula is C39H60N6O7. The Kier molecular flexibility index (Phi) is 13.0. The number of carbonyl (C=O) groups is 6. The zero-order chi connectivity index (χ0) is 38.5. The van der Waals surface area contributed by atoms with Gasteiger partial charge in [0.15, 0.2) is 0 Å². The largest absolute Gasteiger partial charge is 0.447 e. The highest BCUT2D eigenvalue weighted by atomic mass is 16.5. The summed E-state index contributed by atoms with van der Waals surface area (Å²) >= 11 is 0. The van der Waals surface area contributed by atoms with Crippen molar-refractivity contribution >= 4 is 35.6 Å². The number of urea groups is 1. The van der Waals surface area contributed by atoms with E-state index in [4.69, 9.17) is 10.5 Å². The molecule has 0 spiro atoms. The Morgan fingerprint density at radius 3 is 2.02 bits per heavy atom. The highest BCUT2D eigenvalue weighted by Crippen LogP contribution is 2.35. The zero-order valence-electron chi connectivity index (χ0n) is 32.2. The summed E-state index contributed by atoms with van der Waals surface area (Å²) in [6.07, 6.45) is 3.83. The number of hydrogen-bond donors (Lipinski definition) is 5. The fraction of sp³-hybridized carbons (Fsp3) is 0.692. The van der Waals surface area contributed by atoms with Gasteiger partial charge in [-0.15, -0.1) is 0 Å². The minimum absolute atomic E-state index is 0.0188. The molecule has 13 nitrogen and oxygen atoms in total. The van der Waals surface area contributed by atoms with E-state index in [9.17, 15) is 28.8 Å². The second kappa shape index (κ2) is 16.7. The molecule has 288 valence electrons. The summed E-state index contributed by atoms with van der Waals surface area (Å²) in [6.45, 7) is 15.7. The molecule has 1 saturated carbocycles. The summed E-state index contributed by atoms with van der Waals surface area (Å²) in [5, 5.41) is 11.5. The molecule has 0 bridgehead atoms. The lowest BCUT2D eigenvalue weighted by Gasteiger charge is -2.34. The van der Waals surface area contributed by atoms with Gasteiger partial charge in [-0.05, 0) is 93.1 Å². The van der Waals surface area contributed by atoms with Gasteiger partial charge in [-0.3, -0.25) is 19.2 Å². The van der Waals surface area contributed by atoms with Crippen molar-refractivity contribution in [1.29, 1.82) is 0 Å². The van der Waals surface area contributed by atoms with Gasteiger partial charge in [0.1, 0.15) is 18.7 Å². The van der Waals surface area contributed by atoms with Gasteiger partial charge >= 0.3 is 12.1 Å². The second-order valence-electron chi connectivity index (χ2n) is 17.6.